The Kier molecular flexibility index (Phi) is 5.18. The molecular formula is C14H22BrN3. The van der Waals surface area contributed by atoms with Crippen molar-refractivity contribution in [2.24, 2.45) is 0 Å². The molecule has 0 bridgehead atoms. The van der Waals surface area contributed by atoms with Gasteiger partial charge in [0, 0.05) is 36.2 Å². The van der Waals surface area contributed by atoms with Crippen LogP contribution in [-0.2, 0) is 0 Å². The lowest BCUT2D eigenvalue weighted by molar-refractivity contribution is 0.222. The molecule has 0 aromatic heterocycles. The number of nitrogens with zero attached hydrogens (tertiary/aromatic N) is 1. The van der Waals surface area contributed by atoms with Gasteiger partial charge in [-0.2, -0.15) is 0 Å². The molecule has 0 radical (unpaired) electrons. The maximum absolute atomic E-state index is 3.60. The average Bonchev–Trinajstić information content (AvgIpc) is 2.37. The van der Waals surface area contributed by atoms with Crippen molar-refractivity contribution in [1.82, 2.24) is 15.5 Å². The van der Waals surface area contributed by atoms with Gasteiger partial charge in [-0.25, -0.2) is 0 Å². The summed E-state index contributed by atoms with van der Waals surface area (Å²) in [4.78, 5) is 2.40. The topological polar surface area (TPSA) is 27.3 Å². The van der Waals surface area contributed by atoms with E-state index in [1.165, 1.54) is 5.56 Å². The van der Waals surface area contributed by atoms with E-state index in [1.807, 2.05) is 7.05 Å². The summed E-state index contributed by atoms with van der Waals surface area (Å²) in [5.41, 5.74) is 1.36. The Bertz CT molecular complexity index is 366. The predicted octanol–water partition coefficient (Wildman–Crippen LogP) is 2.00. The number of piperazine rings is 1. The Morgan fingerprint density at radius 2 is 2.17 bits per heavy atom. The Morgan fingerprint density at radius 3 is 2.78 bits per heavy atom. The lowest BCUT2D eigenvalue weighted by atomic mass is 9.98. The minimum Gasteiger partial charge on any atom is -0.313 e. The number of benzene rings is 1. The van der Waals surface area contributed by atoms with E-state index in [-0.39, 0.29) is 0 Å². The third kappa shape index (κ3) is 3.79. The highest BCUT2D eigenvalue weighted by Gasteiger charge is 2.20. The fraction of sp³-hybridized carbons (Fsp3) is 0.571. The molecule has 1 aromatic rings. The van der Waals surface area contributed by atoms with Crippen molar-refractivity contribution < 1.29 is 0 Å². The van der Waals surface area contributed by atoms with E-state index in [4.69, 9.17) is 0 Å². The second-order valence-electron chi connectivity index (χ2n) is 5.04. The number of nitrogens with one attached hydrogen (secondary N) is 2. The van der Waals surface area contributed by atoms with Crippen LogP contribution in [0.5, 0.6) is 0 Å². The molecule has 4 heteroatoms. The zero-order chi connectivity index (χ0) is 13.0. The molecule has 2 rings (SSSR count). The number of likely N-dealkylation sites (N-methyl/N-ethyl adjacent to an activating group) is 1. The van der Waals surface area contributed by atoms with Crippen molar-refractivity contribution in [1.29, 1.82) is 0 Å². The van der Waals surface area contributed by atoms with E-state index in [9.17, 15) is 0 Å². The SMILES string of the molecule is CNC(CC1CN(C)CCN1)c1ccc(Br)cc1. The molecule has 1 aliphatic heterocycles. The highest BCUT2D eigenvalue weighted by atomic mass is 79.9. The van der Waals surface area contributed by atoms with Crippen LogP contribution in [0.4, 0.5) is 0 Å². The molecule has 2 atom stereocenters. The molecule has 2 N–H and O–H groups in total. The van der Waals surface area contributed by atoms with Crippen LogP contribution in [0.15, 0.2) is 28.7 Å². The molecule has 1 saturated heterocycles. The van der Waals surface area contributed by atoms with E-state index in [2.05, 4.69) is 62.8 Å². The van der Waals surface area contributed by atoms with Gasteiger partial charge in [-0.05, 0) is 38.2 Å². The van der Waals surface area contributed by atoms with Crippen LogP contribution < -0.4 is 10.6 Å². The van der Waals surface area contributed by atoms with E-state index in [0.717, 1.165) is 30.5 Å². The number of halogens is 1. The highest BCUT2D eigenvalue weighted by molar-refractivity contribution is 9.10. The summed E-state index contributed by atoms with van der Waals surface area (Å²) in [7, 11) is 4.24. The van der Waals surface area contributed by atoms with Crippen LogP contribution in [-0.4, -0.2) is 44.7 Å². The lowest BCUT2D eigenvalue weighted by Gasteiger charge is -2.33. The van der Waals surface area contributed by atoms with Crippen LogP contribution >= 0.6 is 15.9 Å². The molecule has 0 spiro atoms. The predicted molar refractivity (Wildman–Crippen MR) is 79.8 cm³/mol. The standard InChI is InChI=1S/C14H22BrN3/c1-16-14(11-3-5-12(15)6-4-11)9-13-10-18(2)8-7-17-13/h3-6,13-14,16-17H,7-10H2,1-2H3. The van der Waals surface area contributed by atoms with Gasteiger partial charge in [-0.3, -0.25) is 0 Å². The van der Waals surface area contributed by atoms with Gasteiger partial charge in [0.05, 0.1) is 0 Å². The molecule has 100 valence electrons. The van der Waals surface area contributed by atoms with Crippen molar-refractivity contribution in [3.8, 4) is 0 Å². The van der Waals surface area contributed by atoms with E-state index >= 15 is 0 Å². The molecule has 3 nitrogen and oxygen atoms in total. The van der Waals surface area contributed by atoms with Crippen LogP contribution in [0, 0.1) is 0 Å². The summed E-state index contributed by atoms with van der Waals surface area (Å²) in [6.45, 7) is 3.38. The van der Waals surface area contributed by atoms with E-state index in [1.54, 1.807) is 0 Å². The van der Waals surface area contributed by atoms with Gasteiger partial charge < -0.3 is 15.5 Å². The van der Waals surface area contributed by atoms with Crippen molar-refractivity contribution >= 4 is 15.9 Å². The van der Waals surface area contributed by atoms with Gasteiger partial charge in [-0.15, -0.1) is 0 Å². The van der Waals surface area contributed by atoms with Crippen molar-refractivity contribution in [3.05, 3.63) is 34.3 Å². The molecule has 0 aliphatic carbocycles. The summed E-state index contributed by atoms with van der Waals surface area (Å²) < 4.78 is 1.14. The molecule has 1 heterocycles. The summed E-state index contributed by atoms with van der Waals surface area (Å²) >= 11 is 3.48. The summed E-state index contributed by atoms with van der Waals surface area (Å²) in [6, 6.07) is 9.60. The van der Waals surface area contributed by atoms with Crippen LogP contribution in [0.3, 0.4) is 0 Å². The smallest absolute Gasteiger partial charge is 0.0332 e. The van der Waals surface area contributed by atoms with Crippen LogP contribution in [0.25, 0.3) is 0 Å². The minimum atomic E-state index is 0.419. The van der Waals surface area contributed by atoms with Gasteiger partial charge in [0.2, 0.25) is 0 Å². The monoisotopic (exact) mass is 311 g/mol. The van der Waals surface area contributed by atoms with Gasteiger partial charge >= 0.3 is 0 Å². The maximum Gasteiger partial charge on any atom is 0.0332 e. The fourth-order valence-corrected chi connectivity index (χ4v) is 2.81. The molecule has 1 fully saturated rings. The molecular weight excluding hydrogens is 290 g/mol. The first-order chi connectivity index (χ1) is 8.69. The van der Waals surface area contributed by atoms with Gasteiger partial charge in [0.1, 0.15) is 0 Å². The Labute approximate surface area is 118 Å². The van der Waals surface area contributed by atoms with Gasteiger partial charge in [0.15, 0.2) is 0 Å². The van der Waals surface area contributed by atoms with E-state index in [0.29, 0.717) is 12.1 Å². The largest absolute Gasteiger partial charge is 0.313 e. The van der Waals surface area contributed by atoms with Crippen molar-refractivity contribution in [3.63, 3.8) is 0 Å². The maximum atomic E-state index is 3.60. The third-order valence-corrected chi connectivity index (χ3v) is 4.13. The molecule has 0 amide bonds. The van der Waals surface area contributed by atoms with Crippen LogP contribution in [0.1, 0.15) is 18.0 Å². The van der Waals surface area contributed by atoms with Gasteiger partial charge in [0.25, 0.3) is 0 Å². The van der Waals surface area contributed by atoms with Crippen LogP contribution in [0.2, 0.25) is 0 Å². The molecule has 2 unspecified atom stereocenters. The third-order valence-electron chi connectivity index (χ3n) is 3.60. The average molecular weight is 312 g/mol. The number of rotatable bonds is 4. The zero-order valence-electron chi connectivity index (χ0n) is 11.1. The van der Waals surface area contributed by atoms with Crippen molar-refractivity contribution in [2.45, 2.75) is 18.5 Å². The second-order valence-corrected chi connectivity index (χ2v) is 5.96. The molecule has 0 saturated carbocycles. The van der Waals surface area contributed by atoms with Gasteiger partial charge in [-0.1, -0.05) is 28.1 Å². The van der Waals surface area contributed by atoms with Crippen molar-refractivity contribution in [2.75, 3.05) is 33.7 Å². The molecule has 18 heavy (non-hydrogen) atoms. The first-order valence-electron chi connectivity index (χ1n) is 6.53. The Balaban J connectivity index is 1.98. The highest BCUT2D eigenvalue weighted by Crippen LogP contribution is 2.21. The molecule has 1 aromatic carbocycles. The number of hydrogen-bond donors (Lipinski definition) is 2. The summed E-state index contributed by atoms with van der Waals surface area (Å²) in [6.07, 6.45) is 1.13. The molecule has 1 aliphatic rings. The Hall–Kier alpha value is -0.420. The minimum absolute atomic E-state index is 0.419. The first-order valence-corrected chi connectivity index (χ1v) is 7.33. The lowest BCUT2D eigenvalue weighted by Crippen LogP contribution is -2.50. The first kappa shape index (κ1) is 14.0. The quantitative estimate of drug-likeness (QED) is 0.890. The van der Waals surface area contributed by atoms with E-state index < -0.39 is 0 Å². The number of hydrogen-bond acceptors (Lipinski definition) is 3. The summed E-state index contributed by atoms with van der Waals surface area (Å²) in [5.74, 6) is 0. The zero-order valence-corrected chi connectivity index (χ0v) is 12.7. The fourth-order valence-electron chi connectivity index (χ4n) is 2.55. The Morgan fingerprint density at radius 1 is 1.44 bits per heavy atom. The summed E-state index contributed by atoms with van der Waals surface area (Å²) in [5, 5.41) is 7.03. The second kappa shape index (κ2) is 6.66. The normalized spacial score (nSPS) is 22.9.